The molecule has 7 heteroatoms. The number of nitro groups is 1. The predicted octanol–water partition coefficient (Wildman–Crippen LogP) is 1.81. The molecule has 0 saturated carbocycles. The van der Waals surface area contributed by atoms with Crippen molar-refractivity contribution < 1.29 is 14.8 Å². The smallest absolute Gasteiger partial charge is 0.278 e. The van der Waals surface area contributed by atoms with Gasteiger partial charge in [0.15, 0.2) is 0 Å². The van der Waals surface area contributed by atoms with Gasteiger partial charge >= 0.3 is 0 Å². The van der Waals surface area contributed by atoms with E-state index in [1.807, 2.05) is 12.2 Å². The lowest BCUT2D eigenvalue weighted by atomic mass is 10.1. The average molecular weight is 313 g/mol. The molecule has 0 fully saturated rings. The van der Waals surface area contributed by atoms with E-state index in [1.54, 1.807) is 12.1 Å². The van der Waals surface area contributed by atoms with Crippen molar-refractivity contribution in [1.82, 2.24) is 10.3 Å². The first-order valence-corrected chi connectivity index (χ1v) is 7.22. The molecule has 23 heavy (non-hydrogen) atoms. The van der Waals surface area contributed by atoms with Gasteiger partial charge in [0.1, 0.15) is 0 Å². The van der Waals surface area contributed by atoms with Crippen molar-refractivity contribution in [3.63, 3.8) is 0 Å². The Bertz CT molecular complexity index is 803. The summed E-state index contributed by atoms with van der Waals surface area (Å²) in [5, 5.41) is 23.4. The minimum atomic E-state index is -0.489. The lowest BCUT2D eigenvalue weighted by molar-refractivity contribution is -0.383. The van der Waals surface area contributed by atoms with E-state index >= 15 is 0 Å². The molecule has 1 heterocycles. The maximum absolute atomic E-state index is 12.5. The Morgan fingerprint density at radius 1 is 1.39 bits per heavy atom. The number of hydrogen-bond acceptors (Lipinski definition) is 5. The third-order valence-electron chi connectivity index (χ3n) is 3.91. The summed E-state index contributed by atoms with van der Waals surface area (Å²) in [6.07, 6.45) is 5.86. The van der Waals surface area contributed by atoms with Crippen molar-refractivity contribution in [2.75, 3.05) is 6.61 Å². The maximum atomic E-state index is 12.5. The molecular formula is C16H15N3O4. The van der Waals surface area contributed by atoms with Crippen LogP contribution >= 0.6 is 0 Å². The standard InChI is InChI=1S/C16H15N3O4/c20-9-10-3-4-11(8-10)18-16(21)13-5-6-14(19(22)23)12-2-1-7-17-15(12)13/h1-7,10-11,20H,8-9H2,(H,18,21)/t10-,11+/m0/s1. The van der Waals surface area contributed by atoms with E-state index < -0.39 is 4.92 Å². The van der Waals surface area contributed by atoms with Gasteiger partial charge < -0.3 is 10.4 Å². The lowest BCUT2D eigenvalue weighted by Gasteiger charge is -2.13. The molecule has 7 nitrogen and oxygen atoms in total. The fourth-order valence-electron chi connectivity index (χ4n) is 2.76. The number of rotatable bonds is 4. The van der Waals surface area contributed by atoms with Crippen LogP contribution in [-0.2, 0) is 0 Å². The quantitative estimate of drug-likeness (QED) is 0.509. The first-order chi connectivity index (χ1) is 11.1. The number of aliphatic hydroxyl groups excluding tert-OH is 1. The molecule has 3 rings (SSSR count). The van der Waals surface area contributed by atoms with Gasteiger partial charge in [-0.25, -0.2) is 0 Å². The van der Waals surface area contributed by atoms with Gasteiger partial charge in [-0.2, -0.15) is 0 Å². The molecule has 0 radical (unpaired) electrons. The third-order valence-corrected chi connectivity index (χ3v) is 3.91. The Morgan fingerprint density at radius 2 is 2.22 bits per heavy atom. The SMILES string of the molecule is O=C(N[C@@H]1C=C[C@H](CO)C1)c1ccc([N+](=O)[O-])c2cccnc12. The summed E-state index contributed by atoms with van der Waals surface area (Å²) >= 11 is 0. The summed E-state index contributed by atoms with van der Waals surface area (Å²) in [5.74, 6) is -0.288. The van der Waals surface area contributed by atoms with Crippen LogP contribution in [0.15, 0.2) is 42.6 Å². The monoisotopic (exact) mass is 313 g/mol. The second-order valence-corrected chi connectivity index (χ2v) is 5.43. The van der Waals surface area contributed by atoms with Gasteiger partial charge in [-0.05, 0) is 24.6 Å². The van der Waals surface area contributed by atoms with Gasteiger partial charge in [0.2, 0.25) is 0 Å². The molecule has 1 amide bonds. The van der Waals surface area contributed by atoms with Crippen LogP contribution in [0.1, 0.15) is 16.8 Å². The van der Waals surface area contributed by atoms with Crippen molar-refractivity contribution in [3.05, 3.63) is 58.3 Å². The van der Waals surface area contributed by atoms with E-state index in [4.69, 9.17) is 5.11 Å². The Hall–Kier alpha value is -2.80. The number of aromatic nitrogens is 1. The fraction of sp³-hybridized carbons (Fsp3) is 0.250. The summed E-state index contributed by atoms with van der Waals surface area (Å²) in [6.45, 7) is 0.0465. The molecule has 0 spiro atoms. The van der Waals surface area contributed by atoms with Crippen molar-refractivity contribution in [2.45, 2.75) is 12.5 Å². The van der Waals surface area contributed by atoms with Crippen LogP contribution in [0.4, 0.5) is 5.69 Å². The number of fused-ring (bicyclic) bond motifs is 1. The van der Waals surface area contributed by atoms with Crippen LogP contribution in [0.3, 0.4) is 0 Å². The zero-order chi connectivity index (χ0) is 16.4. The fourth-order valence-corrected chi connectivity index (χ4v) is 2.76. The molecule has 1 aromatic heterocycles. The summed E-state index contributed by atoms with van der Waals surface area (Å²) < 4.78 is 0. The number of nitro benzene ring substituents is 1. The van der Waals surface area contributed by atoms with E-state index in [1.165, 1.54) is 18.3 Å². The van der Waals surface area contributed by atoms with Gasteiger partial charge in [-0.3, -0.25) is 19.9 Å². The van der Waals surface area contributed by atoms with E-state index in [0.29, 0.717) is 22.9 Å². The Balaban J connectivity index is 1.91. The van der Waals surface area contributed by atoms with Crippen LogP contribution in [-0.4, -0.2) is 33.6 Å². The van der Waals surface area contributed by atoms with Crippen molar-refractivity contribution in [3.8, 4) is 0 Å². The van der Waals surface area contributed by atoms with E-state index in [2.05, 4.69) is 10.3 Å². The summed E-state index contributed by atoms with van der Waals surface area (Å²) in [5.41, 5.74) is 0.526. The summed E-state index contributed by atoms with van der Waals surface area (Å²) in [6, 6.07) is 5.76. The van der Waals surface area contributed by atoms with Gasteiger partial charge in [-0.1, -0.05) is 12.2 Å². The highest BCUT2D eigenvalue weighted by Gasteiger charge is 2.23. The van der Waals surface area contributed by atoms with Gasteiger partial charge in [0.25, 0.3) is 11.6 Å². The number of hydrogen-bond donors (Lipinski definition) is 2. The van der Waals surface area contributed by atoms with Crippen LogP contribution in [0.25, 0.3) is 10.9 Å². The third kappa shape index (κ3) is 2.91. The topological polar surface area (TPSA) is 105 Å². The summed E-state index contributed by atoms with van der Waals surface area (Å²) in [4.78, 5) is 27.2. The molecule has 0 saturated heterocycles. The predicted molar refractivity (Wildman–Crippen MR) is 84.0 cm³/mol. The number of pyridine rings is 1. The molecule has 0 aliphatic heterocycles. The van der Waals surface area contributed by atoms with Crippen molar-refractivity contribution in [1.29, 1.82) is 0 Å². The van der Waals surface area contributed by atoms with E-state index in [9.17, 15) is 14.9 Å². The number of carbonyl (C=O) groups is 1. The number of benzene rings is 1. The van der Waals surface area contributed by atoms with Gasteiger partial charge in [-0.15, -0.1) is 0 Å². The molecule has 118 valence electrons. The Labute approximate surface area is 131 Å². The molecule has 2 atom stereocenters. The van der Waals surface area contributed by atoms with Crippen LogP contribution in [0, 0.1) is 16.0 Å². The second-order valence-electron chi connectivity index (χ2n) is 5.43. The lowest BCUT2D eigenvalue weighted by Crippen LogP contribution is -2.33. The highest BCUT2D eigenvalue weighted by Crippen LogP contribution is 2.27. The highest BCUT2D eigenvalue weighted by atomic mass is 16.6. The normalized spacial score (nSPS) is 19.9. The molecule has 1 aliphatic carbocycles. The number of nitrogens with zero attached hydrogens (tertiary/aromatic N) is 2. The minimum absolute atomic E-state index is 0.0465. The first kappa shape index (κ1) is 15.1. The summed E-state index contributed by atoms with van der Waals surface area (Å²) in [7, 11) is 0. The minimum Gasteiger partial charge on any atom is -0.396 e. The Morgan fingerprint density at radius 3 is 2.91 bits per heavy atom. The molecule has 1 aromatic carbocycles. The molecule has 0 bridgehead atoms. The van der Waals surface area contributed by atoms with E-state index in [0.717, 1.165) is 0 Å². The van der Waals surface area contributed by atoms with Crippen LogP contribution in [0.5, 0.6) is 0 Å². The number of aliphatic hydroxyl groups is 1. The largest absolute Gasteiger partial charge is 0.396 e. The number of carbonyl (C=O) groups excluding carboxylic acids is 1. The second kappa shape index (κ2) is 6.13. The van der Waals surface area contributed by atoms with E-state index in [-0.39, 0.29) is 30.2 Å². The Kier molecular flexibility index (Phi) is 4.03. The molecule has 2 N–H and O–H groups in total. The van der Waals surface area contributed by atoms with Gasteiger partial charge in [0.05, 0.1) is 21.4 Å². The molecule has 2 aromatic rings. The zero-order valence-electron chi connectivity index (χ0n) is 12.2. The van der Waals surface area contributed by atoms with Gasteiger partial charge in [0, 0.05) is 30.8 Å². The molecule has 1 aliphatic rings. The number of nitrogens with one attached hydrogen (secondary N) is 1. The number of non-ortho nitro benzene ring substituents is 1. The van der Waals surface area contributed by atoms with Crippen molar-refractivity contribution >= 4 is 22.5 Å². The van der Waals surface area contributed by atoms with Crippen molar-refractivity contribution in [2.24, 2.45) is 5.92 Å². The molecular weight excluding hydrogens is 298 g/mol. The van der Waals surface area contributed by atoms with Crippen LogP contribution < -0.4 is 5.32 Å². The average Bonchev–Trinajstić information content (AvgIpc) is 3.01. The number of amides is 1. The zero-order valence-corrected chi connectivity index (χ0v) is 12.2. The van der Waals surface area contributed by atoms with Crippen LogP contribution in [0.2, 0.25) is 0 Å². The molecule has 0 unspecified atom stereocenters. The first-order valence-electron chi connectivity index (χ1n) is 7.22. The highest BCUT2D eigenvalue weighted by molar-refractivity contribution is 6.07. The maximum Gasteiger partial charge on any atom is 0.278 e.